The molecule has 0 aromatic heterocycles. The van der Waals surface area contributed by atoms with Gasteiger partial charge < -0.3 is 4.74 Å². The van der Waals surface area contributed by atoms with Crippen molar-refractivity contribution in [1.29, 1.82) is 0 Å². The fourth-order valence-electron chi connectivity index (χ4n) is 1.55. The molecular weight excluding hydrogens is 196 g/mol. The maximum atomic E-state index is 11.8. The molecule has 1 heterocycles. The highest BCUT2D eigenvalue weighted by Crippen LogP contribution is 2.31. The van der Waals surface area contributed by atoms with Crippen molar-refractivity contribution in [3.8, 4) is 5.75 Å². The first-order valence-corrected chi connectivity index (χ1v) is 5.60. The molecule has 0 saturated heterocycles. The molecular formula is C11H12O2S. The van der Waals surface area contributed by atoms with E-state index in [0.29, 0.717) is 0 Å². The van der Waals surface area contributed by atoms with Gasteiger partial charge in [0.2, 0.25) is 0 Å². The second-order valence-electron chi connectivity index (χ2n) is 3.34. The Balaban J connectivity index is 2.46. The van der Waals surface area contributed by atoms with E-state index in [9.17, 15) is 4.79 Å². The summed E-state index contributed by atoms with van der Waals surface area (Å²) in [7, 11) is 1.62. The molecule has 1 unspecified atom stereocenters. The zero-order valence-corrected chi connectivity index (χ0v) is 9.06. The molecule has 2 rings (SSSR count). The molecule has 0 radical (unpaired) electrons. The van der Waals surface area contributed by atoms with Crippen LogP contribution < -0.4 is 4.74 Å². The fraction of sp³-hybridized carbons (Fsp3) is 0.364. The number of carbonyl (C=O) groups is 1. The Morgan fingerprint density at radius 2 is 2.29 bits per heavy atom. The summed E-state index contributed by atoms with van der Waals surface area (Å²) >= 11 is 1.69. The lowest BCUT2D eigenvalue weighted by Crippen LogP contribution is -2.20. The van der Waals surface area contributed by atoms with Gasteiger partial charge in [-0.15, -0.1) is 11.8 Å². The Bertz CT molecular complexity index is 374. The number of hydrogen-bond acceptors (Lipinski definition) is 3. The zero-order chi connectivity index (χ0) is 10.1. The first-order valence-electron chi connectivity index (χ1n) is 4.55. The molecule has 0 amide bonds. The number of hydrogen-bond donors (Lipinski definition) is 0. The smallest absolute Gasteiger partial charge is 0.175 e. The summed E-state index contributed by atoms with van der Waals surface area (Å²) in [4.78, 5) is 11.8. The molecule has 3 heteroatoms. The highest BCUT2D eigenvalue weighted by atomic mass is 32.2. The van der Waals surface area contributed by atoms with Crippen LogP contribution in [0.4, 0.5) is 0 Å². The predicted molar refractivity (Wildman–Crippen MR) is 58.1 cm³/mol. The average molecular weight is 208 g/mol. The number of ether oxygens (including phenoxy) is 1. The zero-order valence-electron chi connectivity index (χ0n) is 8.24. The molecule has 0 saturated carbocycles. The third kappa shape index (κ3) is 1.52. The SMILES string of the molecule is COc1ccc2c(c1)C(=O)C(C)SC2. The van der Waals surface area contributed by atoms with Crippen LogP contribution in [-0.4, -0.2) is 18.1 Å². The normalized spacial score (nSPS) is 20.4. The van der Waals surface area contributed by atoms with E-state index in [1.807, 2.05) is 25.1 Å². The molecule has 0 spiro atoms. The highest BCUT2D eigenvalue weighted by Gasteiger charge is 2.24. The molecule has 1 aromatic carbocycles. The van der Waals surface area contributed by atoms with Crippen LogP contribution in [-0.2, 0) is 5.75 Å². The van der Waals surface area contributed by atoms with Gasteiger partial charge in [0.05, 0.1) is 12.4 Å². The van der Waals surface area contributed by atoms with Crippen LogP contribution in [0.2, 0.25) is 0 Å². The lowest BCUT2D eigenvalue weighted by atomic mass is 10.0. The van der Waals surface area contributed by atoms with Gasteiger partial charge in [-0.1, -0.05) is 6.07 Å². The van der Waals surface area contributed by atoms with Gasteiger partial charge in [0, 0.05) is 11.3 Å². The fourth-order valence-corrected chi connectivity index (χ4v) is 2.51. The van der Waals surface area contributed by atoms with Crippen molar-refractivity contribution in [3.05, 3.63) is 29.3 Å². The van der Waals surface area contributed by atoms with Gasteiger partial charge >= 0.3 is 0 Å². The highest BCUT2D eigenvalue weighted by molar-refractivity contribution is 8.00. The van der Waals surface area contributed by atoms with Crippen molar-refractivity contribution in [1.82, 2.24) is 0 Å². The summed E-state index contributed by atoms with van der Waals surface area (Å²) < 4.78 is 5.10. The summed E-state index contributed by atoms with van der Waals surface area (Å²) in [5.41, 5.74) is 1.95. The Morgan fingerprint density at radius 3 is 3.00 bits per heavy atom. The van der Waals surface area contributed by atoms with Crippen LogP contribution in [0, 0.1) is 0 Å². The quantitative estimate of drug-likeness (QED) is 0.709. The van der Waals surface area contributed by atoms with Gasteiger partial charge in [-0.2, -0.15) is 0 Å². The number of methoxy groups -OCH3 is 1. The van der Waals surface area contributed by atoms with Gasteiger partial charge in [-0.25, -0.2) is 0 Å². The molecule has 1 aromatic rings. The molecule has 1 aliphatic heterocycles. The van der Waals surface area contributed by atoms with E-state index in [-0.39, 0.29) is 11.0 Å². The van der Waals surface area contributed by atoms with Gasteiger partial charge in [0.25, 0.3) is 0 Å². The van der Waals surface area contributed by atoms with Gasteiger partial charge in [0.15, 0.2) is 5.78 Å². The van der Waals surface area contributed by atoms with Crippen LogP contribution in [0.5, 0.6) is 5.75 Å². The van der Waals surface area contributed by atoms with E-state index in [0.717, 1.165) is 22.6 Å². The van der Waals surface area contributed by atoms with Crippen molar-refractivity contribution in [2.24, 2.45) is 0 Å². The third-order valence-electron chi connectivity index (χ3n) is 2.44. The van der Waals surface area contributed by atoms with Crippen LogP contribution in [0.15, 0.2) is 18.2 Å². The number of ketones is 1. The molecule has 1 aliphatic rings. The van der Waals surface area contributed by atoms with Crippen molar-refractivity contribution in [3.63, 3.8) is 0 Å². The Hall–Kier alpha value is -0.960. The lowest BCUT2D eigenvalue weighted by Gasteiger charge is -2.20. The van der Waals surface area contributed by atoms with E-state index in [1.54, 1.807) is 18.9 Å². The third-order valence-corrected chi connectivity index (χ3v) is 3.63. The van der Waals surface area contributed by atoms with Crippen molar-refractivity contribution in [2.75, 3.05) is 7.11 Å². The lowest BCUT2D eigenvalue weighted by molar-refractivity contribution is 0.0991. The van der Waals surface area contributed by atoms with E-state index in [4.69, 9.17) is 4.74 Å². The molecule has 0 N–H and O–H groups in total. The predicted octanol–water partition coefficient (Wildman–Crippen LogP) is 2.51. The maximum Gasteiger partial charge on any atom is 0.175 e. The maximum absolute atomic E-state index is 11.8. The first-order chi connectivity index (χ1) is 6.72. The molecule has 14 heavy (non-hydrogen) atoms. The number of rotatable bonds is 1. The number of thioether (sulfide) groups is 1. The molecule has 74 valence electrons. The number of Topliss-reactive ketones (excluding diaryl/α,β-unsaturated/α-hetero) is 1. The van der Waals surface area contributed by atoms with Crippen LogP contribution >= 0.6 is 11.8 Å². The number of carbonyl (C=O) groups excluding carboxylic acids is 1. The number of fused-ring (bicyclic) bond motifs is 1. The standard InChI is InChI=1S/C11H12O2S/c1-7-11(12)10-5-9(13-2)4-3-8(10)6-14-7/h3-5,7H,6H2,1-2H3. The Labute approximate surface area is 87.6 Å². The van der Waals surface area contributed by atoms with Crippen molar-refractivity contribution in [2.45, 2.75) is 17.9 Å². The molecule has 1 atom stereocenters. The first kappa shape index (κ1) is 9.59. The Kier molecular flexibility index (Phi) is 2.50. The minimum atomic E-state index is 0.0783. The Morgan fingerprint density at radius 1 is 1.50 bits per heavy atom. The second kappa shape index (κ2) is 3.65. The van der Waals surface area contributed by atoms with Gasteiger partial charge in [0.1, 0.15) is 5.75 Å². The summed E-state index contributed by atoms with van der Waals surface area (Å²) in [6.07, 6.45) is 0. The van der Waals surface area contributed by atoms with E-state index in [1.165, 1.54) is 0 Å². The largest absolute Gasteiger partial charge is 0.497 e. The summed E-state index contributed by atoms with van der Waals surface area (Å²) in [6, 6.07) is 5.72. The van der Waals surface area contributed by atoms with Crippen molar-refractivity contribution >= 4 is 17.5 Å². The topological polar surface area (TPSA) is 26.3 Å². The number of benzene rings is 1. The van der Waals surface area contributed by atoms with Crippen molar-refractivity contribution < 1.29 is 9.53 Å². The summed E-state index contributed by atoms with van der Waals surface area (Å²) in [5, 5.41) is 0.0783. The summed E-state index contributed by atoms with van der Waals surface area (Å²) in [5.74, 6) is 1.90. The van der Waals surface area contributed by atoms with Crippen LogP contribution in [0.25, 0.3) is 0 Å². The van der Waals surface area contributed by atoms with E-state index >= 15 is 0 Å². The average Bonchev–Trinajstić information content (AvgIpc) is 2.23. The van der Waals surface area contributed by atoms with Crippen LogP contribution in [0.3, 0.4) is 0 Å². The molecule has 0 aliphatic carbocycles. The summed E-state index contributed by atoms with van der Waals surface area (Å²) in [6.45, 7) is 1.95. The molecule has 2 nitrogen and oxygen atoms in total. The van der Waals surface area contributed by atoms with Gasteiger partial charge in [-0.3, -0.25) is 4.79 Å². The minimum absolute atomic E-state index is 0.0783. The van der Waals surface area contributed by atoms with Crippen LogP contribution in [0.1, 0.15) is 22.8 Å². The monoisotopic (exact) mass is 208 g/mol. The van der Waals surface area contributed by atoms with Gasteiger partial charge in [-0.05, 0) is 24.6 Å². The minimum Gasteiger partial charge on any atom is -0.497 e. The van der Waals surface area contributed by atoms with E-state index < -0.39 is 0 Å². The van der Waals surface area contributed by atoms with E-state index in [2.05, 4.69) is 0 Å². The molecule has 0 bridgehead atoms. The molecule has 0 fully saturated rings. The second-order valence-corrected chi connectivity index (χ2v) is 4.67.